The summed E-state index contributed by atoms with van der Waals surface area (Å²) in [5, 5.41) is 25.6. The van der Waals surface area contributed by atoms with Gasteiger partial charge in [-0.2, -0.15) is 13.2 Å². The summed E-state index contributed by atoms with van der Waals surface area (Å²) in [4.78, 5) is 122. The molecule has 10 rings (SSSR count). The number of hydrogen-bond acceptors (Lipinski definition) is 26. The number of aliphatic hydroxyl groups is 1. The average Bonchev–Trinajstić information content (AvgIpc) is 1.64. The van der Waals surface area contributed by atoms with Crippen LogP contribution >= 0.6 is 128 Å². The SMILES string of the molecule is CB=S.CC(C)(C)OC(=O)N1C[C@H](F)C[C@H]1C(=O)O.COc1cccc(N(C[C@@H]2C[C@@H](F)CN2)C(=O)OCC(Cl)(Cl)Cl)c1F.COc1cccc(N(C[C@@H]2C[C@@H](F)CN2C(=O)OC(C)(C)C)C(=O)OCC(Cl)(Cl)Cl)c1F.COc1cccc(NC(=O)[C@@H]2C[C@@H](F)CN2C(=O)OC(C)(C)C)c1F.COc1cccc(NC[C@@H]2C[C@@H](F)CN2C(=O)OC(C)(C)C)c1F.Nc1cccc(CO)c1F.O=C(Cl)OCC(Cl)(Cl)Cl.O=CC(F)(F)F. The Kier molecular flexibility index (Phi) is 57.5. The third-order valence-electron chi connectivity index (χ3n) is 19.3. The number of benzene rings is 5. The van der Waals surface area contributed by atoms with Gasteiger partial charge in [-0.25, -0.2) is 82.3 Å². The molecule has 7 amide bonds. The molecule has 58 heteroatoms. The number of nitrogens with zero attached hydrogens (tertiary/aromatic N) is 6. The number of carboxylic acid groups (broad SMARTS) is 1. The number of alkyl halides is 17. The van der Waals surface area contributed by atoms with Gasteiger partial charge in [0.25, 0.3) is 0 Å². The van der Waals surface area contributed by atoms with E-state index in [4.69, 9.17) is 184 Å². The quantitative estimate of drug-likeness (QED) is 0.00801. The topological polar surface area (TPSA) is 394 Å². The normalized spacial score (nSPS) is 18.7. The van der Waals surface area contributed by atoms with Crippen molar-refractivity contribution in [2.75, 3.05) is 127 Å². The zero-order valence-electron chi connectivity index (χ0n) is 83.9. The molecule has 0 radical (unpaired) electrons. The van der Waals surface area contributed by atoms with Crippen LogP contribution in [0.25, 0.3) is 0 Å². The van der Waals surface area contributed by atoms with Crippen LogP contribution in [-0.2, 0) is 54.1 Å². The minimum Gasteiger partial charge on any atom is -0.494 e. The standard InChI is InChI=1S/C20H25Cl3F2N2O5.C17H22F2N2O4.C17H24F2N2O3.C15H17Cl3F2N2O3.C10H16FNO4.C7H8FNO.C3H2Cl4O2.C2HF3O.CH3BS/c1-19(2,3)32-18(29)26-9-12(24)8-13(26)10-27(17(28)31-11-20(21,22)23)14-6-5-7-15(30-4)16(14)25;1-17(2,3)25-16(23)21-9-10(18)8-12(21)15(22)20-11-6-5-7-13(24-4)14(11)19;1-17(2,3)24-16(22)21-10-11(18)8-12(21)9-20-13-6-5-7-14(23-4)15(13)19;1-24-12-4-2-3-11(13(12)20)22(7-10-5-9(19)6-21-10)14(23)25-8-15(16,17)18;1-10(2,3)16-9(15)12-5-6(11)4-7(12)8(13)14;8-7-5(4-10)2-1-3-6(7)9;4-2(8)9-1-3(5,6)7;3-2(4,5)1-6;1-2-3/h5-7,12-13H,8-11H2,1-4H3;5-7,10,12H,8-9H2,1-4H3,(H,20,22);5-7,11-12,20H,8-10H2,1-4H3;2-4,9-10,21H,5-8H2,1H3;6-7H,4-5H2,1-3H3,(H,13,14);1-3,10H,4,9H2;1H2;1H;1H3/t12-,13+;10-,12+;11-,12+;9-,10+;6-,7+;;;;/m11111..../s1. The van der Waals surface area contributed by atoms with E-state index in [0.29, 0.717) is 0 Å². The molecule has 844 valence electrons. The van der Waals surface area contributed by atoms with Crippen molar-refractivity contribution in [3.8, 4) is 23.0 Å². The first kappa shape index (κ1) is 137. The number of nitrogen functional groups attached to an aromatic ring is 1. The first-order valence-corrected chi connectivity index (χ1v) is 48.8. The number of likely N-dealkylation sites (tertiary alicyclic amines) is 4. The van der Waals surface area contributed by atoms with Gasteiger partial charge in [-0.3, -0.25) is 29.2 Å². The number of anilines is 5. The fourth-order valence-corrected chi connectivity index (χ4v) is 13.7. The predicted molar refractivity (Wildman–Crippen MR) is 546 cm³/mol. The number of nitrogens with two attached hydrogens (primary N) is 1. The number of amides is 7. The molecule has 33 nitrogen and oxygen atoms in total. The monoisotopic (exact) mass is 2370 g/mol. The Balaban J connectivity index is 0.000000599. The minimum absolute atomic E-state index is 0.0107. The molecule has 5 aromatic rings. The molecule has 0 unspecified atom stereocenters. The van der Waals surface area contributed by atoms with Crippen molar-refractivity contribution >= 4 is 223 Å². The van der Waals surface area contributed by atoms with Crippen molar-refractivity contribution in [2.45, 2.75) is 230 Å². The van der Waals surface area contributed by atoms with Crippen LogP contribution in [0, 0.1) is 29.1 Å². The summed E-state index contributed by atoms with van der Waals surface area (Å²) in [5.74, 6) is -5.33. The molecule has 0 aromatic heterocycles. The van der Waals surface area contributed by atoms with Crippen molar-refractivity contribution in [1.29, 1.82) is 0 Å². The number of carbonyl (C=O) groups excluding carboxylic acids is 9. The second-order valence-corrected chi connectivity index (χ2v) is 44.5. The third kappa shape index (κ3) is 51.7. The van der Waals surface area contributed by atoms with Gasteiger partial charge in [0.05, 0.1) is 108 Å². The number of aliphatic carboxylic acids is 1. The number of nitrogens with one attached hydrogen (secondary N) is 3. The van der Waals surface area contributed by atoms with Gasteiger partial charge in [-0.1, -0.05) is 141 Å². The maximum atomic E-state index is 15.0. The average molecular weight is 2380 g/mol. The Morgan fingerprint density at radius 3 is 1.17 bits per heavy atom. The molecular formula is C92H118BCl10F13N10O23S. The summed E-state index contributed by atoms with van der Waals surface area (Å²) in [6, 6.07) is 18.2. The van der Waals surface area contributed by atoms with Gasteiger partial charge >= 0.3 is 79.2 Å². The van der Waals surface area contributed by atoms with E-state index in [1.165, 1.54) is 111 Å². The van der Waals surface area contributed by atoms with E-state index in [-0.39, 0.29) is 161 Å². The molecule has 5 fully saturated rings. The molecule has 5 aliphatic heterocycles. The van der Waals surface area contributed by atoms with Crippen LogP contribution < -0.4 is 50.4 Å². The number of hydrogen-bond donors (Lipinski definition) is 6. The molecule has 0 bridgehead atoms. The van der Waals surface area contributed by atoms with E-state index in [0.717, 1.165) is 19.6 Å². The number of ether oxygens (including phenoxy) is 11. The van der Waals surface area contributed by atoms with Crippen LogP contribution in [0.5, 0.6) is 23.0 Å². The summed E-state index contributed by atoms with van der Waals surface area (Å²) in [7, 11) is 5.26. The first-order chi connectivity index (χ1) is 69.1. The van der Waals surface area contributed by atoms with Crippen LogP contribution in [0.15, 0.2) is 91.0 Å². The van der Waals surface area contributed by atoms with Gasteiger partial charge in [0, 0.05) is 68.5 Å². The summed E-state index contributed by atoms with van der Waals surface area (Å²) in [6.45, 7) is 19.8. The molecule has 0 saturated carbocycles. The van der Waals surface area contributed by atoms with Crippen molar-refractivity contribution in [3.63, 3.8) is 0 Å². The number of methoxy groups -OCH3 is 4. The van der Waals surface area contributed by atoms with Crippen LogP contribution in [0.1, 0.15) is 121 Å². The Labute approximate surface area is 914 Å². The largest absolute Gasteiger partial charge is 0.494 e. The zero-order valence-corrected chi connectivity index (χ0v) is 92.3. The smallest absolute Gasteiger partial charge is 0.446 e. The zero-order chi connectivity index (χ0) is 115. The Hall–Kier alpha value is -9.21. The molecule has 0 spiro atoms. The number of aldehydes is 1. The second-order valence-electron chi connectivity index (χ2n) is 36.2. The van der Waals surface area contributed by atoms with E-state index in [2.05, 4.69) is 32.7 Å². The van der Waals surface area contributed by atoms with Crippen LogP contribution in [0.4, 0.5) is 119 Å². The van der Waals surface area contributed by atoms with Crippen LogP contribution in [-0.4, -0.2) is 298 Å². The van der Waals surface area contributed by atoms with Gasteiger partial charge in [0.15, 0.2) is 52.1 Å². The van der Waals surface area contributed by atoms with Crippen LogP contribution in [0.3, 0.4) is 0 Å². The van der Waals surface area contributed by atoms with Crippen LogP contribution in [0.2, 0.25) is 6.82 Å². The van der Waals surface area contributed by atoms with E-state index in [1.54, 1.807) is 107 Å². The van der Waals surface area contributed by atoms with Crippen molar-refractivity contribution < 1.29 is 167 Å². The summed E-state index contributed by atoms with van der Waals surface area (Å²) >= 11 is 58.2. The number of carboxylic acids is 1. The third-order valence-corrected chi connectivity index (χ3v) is 20.4. The molecule has 150 heavy (non-hydrogen) atoms. The van der Waals surface area contributed by atoms with E-state index in [1.807, 2.05) is 6.82 Å². The van der Waals surface area contributed by atoms with Crippen molar-refractivity contribution in [1.82, 2.24) is 24.9 Å². The number of carbonyl (C=O) groups is 10. The number of aliphatic hydroxyl groups excluding tert-OH is 1. The Morgan fingerprint density at radius 1 is 0.480 bits per heavy atom. The molecule has 5 heterocycles. The van der Waals surface area contributed by atoms with E-state index >= 15 is 0 Å². The fourth-order valence-electron chi connectivity index (χ4n) is 13.2. The van der Waals surface area contributed by atoms with Crippen molar-refractivity contribution in [3.05, 3.63) is 126 Å². The number of rotatable bonds is 20. The number of halogens is 23. The predicted octanol–water partition coefficient (Wildman–Crippen LogP) is 22.7. The Bertz CT molecular complexity index is 5210. The molecule has 10 atom stereocenters. The molecule has 7 N–H and O–H groups in total. The van der Waals surface area contributed by atoms with Gasteiger partial charge < -0.3 is 93.8 Å². The van der Waals surface area contributed by atoms with E-state index < -0.39 is 197 Å². The van der Waals surface area contributed by atoms with Gasteiger partial charge in [0.2, 0.25) is 23.6 Å². The maximum Gasteiger partial charge on any atom is 0.446 e. The molecule has 5 aromatic carbocycles. The first-order valence-electron chi connectivity index (χ1n) is 44.6. The fraction of sp³-hybridized carbons (Fsp3) is 0.565. The molecule has 0 aliphatic carbocycles. The van der Waals surface area contributed by atoms with Gasteiger partial charge in [-0.15, -0.1) is 0 Å². The maximum absolute atomic E-state index is 15.0. The van der Waals surface area contributed by atoms with E-state index in [9.17, 15) is 100 Å². The summed E-state index contributed by atoms with van der Waals surface area (Å²) in [5.41, 5.74) is 1.47. The molecule has 5 aliphatic rings. The second kappa shape index (κ2) is 63.0. The molecule has 5 saturated heterocycles. The summed E-state index contributed by atoms with van der Waals surface area (Å²) in [6.07, 6.45) is -15.1. The molecular weight excluding hydrogens is 2260 g/mol. The van der Waals surface area contributed by atoms with Gasteiger partial charge in [0.1, 0.15) is 85.2 Å². The van der Waals surface area contributed by atoms with Gasteiger partial charge in [-0.05, 0) is 144 Å². The van der Waals surface area contributed by atoms with Crippen molar-refractivity contribution in [2.24, 2.45) is 0 Å². The minimum atomic E-state index is -4.64. The summed E-state index contributed by atoms with van der Waals surface area (Å²) < 4.78 is 219. The Morgan fingerprint density at radius 2 is 0.813 bits per heavy atom.